The number of aliphatic hydroxyl groups is 1. The van der Waals surface area contributed by atoms with Gasteiger partial charge in [0.2, 0.25) is 5.91 Å². The third-order valence-electron chi connectivity index (χ3n) is 3.02. The van der Waals surface area contributed by atoms with E-state index in [4.69, 9.17) is 11.6 Å². The zero-order valence-electron chi connectivity index (χ0n) is 11.8. The molecule has 0 aliphatic heterocycles. The van der Waals surface area contributed by atoms with Crippen LogP contribution >= 0.6 is 22.9 Å². The van der Waals surface area contributed by atoms with E-state index in [0.29, 0.717) is 15.5 Å². The summed E-state index contributed by atoms with van der Waals surface area (Å²) in [6, 6.07) is 8.39. The normalized spacial score (nSPS) is 11.8. The van der Waals surface area contributed by atoms with Crippen LogP contribution in [-0.4, -0.2) is 16.9 Å². The van der Waals surface area contributed by atoms with Crippen LogP contribution in [-0.2, 0) is 4.79 Å². The fourth-order valence-corrected chi connectivity index (χ4v) is 2.76. The highest BCUT2D eigenvalue weighted by atomic mass is 35.5. The first-order chi connectivity index (χ1) is 10.5. The third kappa shape index (κ3) is 4.30. The van der Waals surface area contributed by atoms with Crippen LogP contribution in [0.15, 0.2) is 35.7 Å². The molecule has 2 rings (SSSR count). The average molecular weight is 339 g/mol. The quantitative estimate of drug-likeness (QED) is 0.750. The predicted octanol–water partition coefficient (Wildman–Crippen LogP) is 2.59. The van der Waals surface area contributed by atoms with Crippen LogP contribution < -0.4 is 10.9 Å². The number of amides is 2. The van der Waals surface area contributed by atoms with Gasteiger partial charge in [-0.25, -0.2) is 0 Å². The molecule has 0 radical (unpaired) electrons. The van der Waals surface area contributed by atoms with Gasteiger partial charge in [0.25, 0.3) is 5.91 Å². The number of aryl methyl sites for hydroxylation is 1. The Kier molecular flexibility index (Phi) is 5.54. The Morgan fingerprint density at radius 2 is 1.91 bits per heavy atom. The lowest BCUT2D eigenvalue weighted by molar-refractivity contribution is -0.123. The van der Waals surface area contributed by atoms with Crippen molar-refractivity contribution >= 4 is 34.8 Å². The van der Waals surface area contributed by atoms with Crippen LogP contribution in [0.4, 0.5) is 0 Å². The van der Waals surface area contributed by atoms with Crippen molar-refractivity contribution in [1.82, 2.24) is 10.9 Å². The monoisotopic (exact) mass is 338 g/mol. The second-order valence-electron chi connectivity index (χ2n) is 4.71. The molecule has 3 N–H and O–H groups in total. The molecule has 1 heterocycles. The molecule has 22 heavy (non-hydrogen) atoms. The number of hydrazine groups is 1. The topological polar surface area (TPSA) is 78.4 Å². The highest BCUT2D eigenvalue weighted by Crippen LogP contribution is 2.19. The van der Waals surface area contributed by atoms with E-state index >= 15 is 0 Å². The van der Waals surface area contributed by atoms with Gasteiger partial charge in [0, 0.05) is 5.02 Å². The van der Waals surface area contributed by atoms with E-state index in [0.717, 1.165) is 5.56 Å². The molecule has 1 aromatic carbocycles. The third-order valence-corrected chi connectivity index (χ3v) is 4.28. The Morgan fingerprint density at radius 1 is 1.23 bits per heavy atom. The Bertz CT molecular complexity index is 670. The minimum absolute atomic E-state index is 0.161. The second kappa shape index (κ2) is 7.40. The zero-order chi connectivity index (χ0) is 16.1. The number of halogens is 1. The zero-order valence-corrected chi connectivity index (χ0v) is 13.4. The summed E-state index contributed by atoms with van der Waals surface area (Å²) in [7, 11) is 0. The van der Waals surface area contributed by atoms with Gasteiger partial charge in [0.05, 0.1) is 17.4 Å². The fraction of sp³-hybridized carbons (Fsp3) is 0.200. The van der Waals surface area contributed by atoms with Crippen molar-refractivity contribution in [3.63, 3.8) is 0 Å². The van der Waals surface area contributed by atoms with Crippen LogP contribution in [0.25, 0.3) is 0 Å². The predicted molar refractivity (Wildman–Crippen MR) is 85.7 cm³/mol. The summed E-state index contributed by atoms with van der Waals surface area (Å²) < 4.78 is 0. The smallest absolute Gasteiger partial charge is 0.280 e. The molecule has 0 aliphatic carbocycles. The van der Waals surface area contributed by atoms with Gasteiger partial charge >= 0.3 is 0 Å². The number of thiophene rings is 1. The minimum atomic E-state index is -0.961. The first-order valence-corrected chi connectivity index (χ1v) is 7.80. The molecule has 7 heteroatoms. The number of carbonyl (C=O) groups excluding carboxylic acids is 2. The van der Waals surface area contributed by atoms with Crippen molar-refractivity contribution in [3.8, 4) is 0 Å². The maximum atomic E-state index is 11.8. The summed E-state index contributed by atoms with van der Waals surface area (Å²) in [5.41, 5.74) is 6.05. The van der Waals surface area contributed by atoms with Crippen LogP contribution in [0.2, 0.25) is 5.02 Å². The summed E-state index contributed by atoms with van der Waals surface area (Å²) >= 11 is 7.06. The number of rotatable bonds is 4. The van der Waals surface area contributed by atoms with Gasteiger partial charge in [0.15, 0.2) is 0 Å². The van der Waals surface area contributed by atoms with Gasteiger partial charge in [0.1, 0.15) is 0 Å². The van der Waals surface area contributed by atoms with Crippen molar-refractivity contribution < 1.29 is 14.7 Å². The first-order valence-electron chi connectivity index (χ1n) is 6.54. The lowest BCUT2D eigenvalue weighted by Crippen LogP contribution is -2.42. The Balaban J connectivity index is 1.84. The van der Waals surface area contributed by atoms with Gasteiger partial charge < -0.3 is 5.11 Å². The summed E-state index contributed by atoms with van der Waals surface area (Å²) in [5, 5.41) is 12.3. The molecular formula is C15H15ClN2O3S. The number of hydrogen-bond donors (Lipinski definition) is 3. The molecule has 5 nitrogen and oxygen atoms in total. The van der Waals surface area contributed by atoms with Crippen LogP contribution in [0, 0.1) is 6.92 Å². The van der Waals surface area contributed by atoms with Gasteiger partial charge in [-0.15, -0.1) is 11.3 Å². The van der Waals surface area contributed by atoms with E-state index in [1.54, 1.807) is 29.6 Å². The maximum Gasteiger partial charge on any atom is 0.280 e. The van der Waals surface area contributed by atoms with E-state index in [1.165, 1.54) is 11.3 Å². The molecule has 1 aromatic heterocycles. The van der Waals surface area contributed by atoms with Crippen LogP contribution in [0.1, 0.15) is 33.3 Å². The number of nitrogens with one attached hydrogen (secondary N) is 2. The lowest BCUT2D eigenvalue weighted by atomic mass is 10.1. The van der Waals surface area contributed by atoms with Crippen molar-refractivity contribution in [3.05, 3.63) is 56.7 Å². The molecule has 0 saturated heterocycles. The summed E-state index contributed by atoms with van der Waals surface area (Å²) in [6.45, 7) is 1.82. The Morgan fingerprint density at radius 3 is 2.50 bits per heavy atom. The van der Waals surface area contributed by atoms with E-state index in [9.17, 15) is 14.7 Å². The average Bonchev–Trinajstić information content (AvgIpc) is 2.91. The van der Waals surface area contributed by atoms with Crippen molar-refractivity contribution in [2.45, 2.75) is 19.4 Å². The van der Waals surface area contributed by atoms with Crippen LogP contribution in [0.3, 0.4) is 0 Å². The maximum absolute atomic E-state index is 11.8. The first kappa shape index (κ1) is 16.5. The SMILES string of the molecule is Cc1ccsc1C(=O)NNC(=O)CC(O)c1ccc(Cl)cc1. The molecule has 1 unspecified atom stereocenters. The lowest BCUT2D eigenvalue weighted by Gasteiger charge is -2.12. The summed E-state index contributed by atoms with van der Waals surface area (Å²) in [5.74, 6) is -0.855. The number of hydrogen-bond acceptors (Lipinski definition) is 4. The van der Waals surface area contributed by atoms with E-state index < -0.39 is 12.0 Å². The highest BCUT2D eigenvalue weighted by Gasteiger charge is 2.15. The van der Waals surface area contributed by atoms with Gasteiger partial charge in [-0.2, -0.15) is 0 Å². The van der Waals surface area contributed by atoms with E-state index in [-0.39, 0.29) is 12.3 Å². The molecular weight excluding hydrogens is 324 g/mol. The van der Waals surface area contributed by atoms with E-state index in [2.05, 4.69) is 10.9 Å². The van der Waals surface area contributed by atoms with Crippen LogP contribution in [0.5, 0.6) is 0 Å². The molecule has 0 saturated carbocycles. The molecule has 2 aromatic rings. The number of aliphatic hydroxyl groups excluding tert-OH is 1. The second-order valence-corrected chi connectivity index (χ2v) is 6.06. The van der Waals surface area contributed by atoms with Crippen molar-refractivity contribution in [2.24, 2.45) is 0 Å². The number of benzene rings is 1. The molecule has 0 aliphatic rings. The summed E-state index contributed by atoms with van der Waals surface area (Å²) in [6.07, 6.45) is -1.12. The minimum Gasteiger partial charge on any atom is -0.388 e. The molecule has 1 atom stereocenters. The molecule has 0 bridgehead atoms. The van der Waals surface area contributed by atoms with Crippen molar-refractivity contribution in [1.29, 1.82) is 0 Å². The molecule has 0 spiro atoms. The Labute approximate surface area is 136 Å². The highest BCUT2D eigenvalue weighted by molar-refractivity contribution is 7.12. The summed E-state index contributed by atoms with van der Waals surface area (Å²) in [4.78, 5) is 24.1. The van der Waals surface area contributed by atoms with Crippen molar-refractivity contribution in [2.75, 3.05) is 0 Å². The standard InChI is InChI=1S/C15H15ClN2O3S/c1-9-6-7-22-14(9)15(21)18-17-13(20)8-12(19)10-2-4-11(16)5-3-10/h2-7,12,19H,8H2,1H3,(H,17,20)(H,18,21). The molecule has 2 amide bonds. The van der Waals surface area contributed by atoms with Gasteiger partial charge in [-0.3, -0.25) is 20.4 Å². The molecule has 116 valence electrons. The largest absolute Gasteiger partial charge is 0.388 e. The molecule has 0 fully saturated rings. The van der Waals surface area contributed by atoms with Gasteiger partial charge in [-0.05, 0) is 41.6 Å². The Hall–Kier alpha value is -1.89. The fourth-order valence-electron chi connectivity index (χ4n) is 1.82. The van der Waals surface area contributed by atoms with Gasteiger partial charge in [-0.1, -0.05) is 23.7 Å². The van der Waals surface area contributed by atoms with E-state index in [1.807, 2.05) is 13.0 Å². The number of carbonyl (C=O) groups is 2.